The minimum Gasteiger partial charge on any atom is -0.334 e. The van der Waals surface area contributed by atoms with Crippen molar-refractivity contribution in [2.24, 2.45) is 0 Å². The maximum absolute atomic E-state index is 12.8. The Bertz CT molecular complexity index is 799. The molecule has 0 spiro atoms. The monoisotopic (exact) mass is 371 g/mol. The second-order valence-corrected chi connectivity index (χ2v) is 8.97. The minimum absolute atomic E-state index is 0.0377. The van der Waals surface area contributed by atoms with Gasteiger partial charge in [0.15, 0.2) is 9.84 Å². The Hall–Kier alpha value is -1.37. The molecule has 0 fully saturated rings. The predicted molar refractivity (Wildman–Crippen MR) is 93.9 cm³/mol. The van der Waals surface area contributed by atoms with Crippen LogP contribution in [-0.2, 0) is 16.4 Å². The lowest BCUT2D eigenvalue weighted by Crippen LogP contribution is -2.31. The number of carbonyl (C=O) groups is 1. The van der Waals surface area contributed by atoms with Crippen molar-refractivity contribution in [1.82, 2.24) is 4.90 Å². The molecule has 0 aliphatic carbocycles. The van der Waals surface area contributed by atoms with Gasteiger partial charge in [-0.05, 0) is 31.2 Å². The van der Waals surface area contributed by atoms with Gasteiger partial charge >= 0.3 is 0 Å². The first-order valence-electron chi connectivity index (χ1n) is 7.24. The van der Waals surface area contributed by atoms with E-state index in [0.29, 0.717) is 17.4 Å². The molecule has 1 heterocycles. The predicted octanol–water partition coefficient (Wildman–Crippen LogP) is 3.86. The number of rotatable bonds is 6. The summed E-state index contributed by atoms with van der Waals surface area (Å²) in [5.74, 6) is -0.325. The molecule has 1 aromatic carbocycles. The number of thiophene rings is 1. The molecule has 0 atom stereocenters. The largest absolute Gasteiger partial charge is 0.334 e. The molecule has 7 heteroatoms. The summed E-state index contributed by atoms with van der Waals surface area (Å²) in [6, 6.07) is 10.0. The van der Waals surface area contributed by atoms with E-state index in [1.807, 2.05) is 13.0 Å². The van der Waals surface area contributed by atoms with Gasteiger partial charge in [0.25, 0.3) is 5.91 Å². The third-order valence-electron chi connectivity index (χ3n) is 3.48. The number of nitrogens with zero attached hydrogens (tertiary/aromatic N) is 1. The number of halogens is 1. The van der Waals surface area contributed by atoms with E-state index < -0.39 is 9.84 Å². The van der Waals surface area contributed by atoms with E-state index >= 15 is 0 Å². The zero-order valence-corrected chi connectivity index (χ0v) is 15.3. The molecular formula is C16H18ClNO3S2. The van der Waals surface area contributed by atoms with Crippen molar-refractivity contribution in [3.63, 3.8) is 0 Å². The zero-order chi connectivity index (χ0) is 17.0. The maximum Gasteiger partial charge on any atom is 0.255 e. The molecule has 0 saturated heterocycles. The van der Waals surface area contributed by atoms with Crippen LogP contribution in [0.2, 0.25) is 4.34 Å². The highest BCUT2D eigenvalue weighted by molar-refractivity contribution is 7.91. The number of hydrogen-bond acceptors (Lipinski definition) is 4. The molecular weight excluding hydrogens is 354 g/mol. The molecule has 0 radical (unpaired) electrons. The van der Waals surface area contributed by atoms with E-state index in [4.69, 9.17) is 11.6 Å². The third kappa shape index (κ3) is 4.13. The molecule has 0 aliphatic rings. The van der Waals surface area contributed by atoms with Gasteiger partial charge in [-0.15, -0.1) is 11.3 Å². The summed E-state index contributed by atoms with van der Waals surface area (Å²) in [6.07, 6.45) is 0. The normalized spacial score (nSPS) is 11.4. The lowest BCUT2D eigenvalue weighted by molar-refractivity contribution is 0.0750. The Kier molecular flexibility index (Phi) is 5.84. The standard InChI is InChI=1S/C16H18ClNO3S2/c1-3-18(11-12-9-10-15(17)22-12)16(19)13-7-5-6-8-14(13)23(20,21)4-2/h5-10H,3-4,11H2,1-2H3. The van der Waals surface area contributed by atoms with Crippen molar-refractivity contribution >= 4 is 38.7 Å². The Morgan fingerprint density at radius 1 is 1.17 bits per heavy atom. The molecule has 23 heavy (non-hydrogen) atoms. The molecule has 0 bridgehead atoms. The highest BCUT2D eigenvalue weighted by atomic mass is 35.5. The summed E-state index contributed by atoms with van der Waals surface area (Å²) in [5, 5.41) is 0. The number of benzene rings is 1. The van der Waals surface area contributed by atoms with Crippen LogP contribution < -0.4 is 0 Å². The summed E-state index contributed by atoms with van der Waals surface area (Å²) < 4.78 is 25.1. The van der Waals surface area contributed by atoms with Crippen molar-refractivity contribution in [3.05, 3.63) is 51.2 Å². The summed E-state index contributed by atoms with van der Waals surface area (Å²) in [7, 11) is -3.45. The van der Waals surface area contributed by atoms with Crippen molar-refractivity contribution < 1.29 is 13.2 Å². The van der Waals surface area contributed by atoms with Gasteiger partial charge in [0.05, 0.1) is 27.1 Å². The highest BCUT2D eigenvalue weighted by Crippen LogP contribution is 2.24. The Morgan fingerprint density at radius 3 is 2.43 bits per heavy atom. The van der Waals surface area contributed by atoms with Crippen LogP contribution in [0.4, 0.5) is 0 Å². The zero-order valence-electron chi connectivity index (χ0n) is 13.0. The van der Waals surface area contributed by atoms with E-state index in [-0.39, 0.29) is 22.1 Å². The SMILES string of the molecule is CCN(Cc1ccc(Cl)s1)C(=O)c1ccccc1S(=O)(=O)CC. The van der Waals surface area contributed by atoms with Gasteiger partial charge in [-0.2, -0.15) is 0 Å². The van der Waals surface area contributed by atoms with E-state index in [2.05, 4.69) is 0 Å². The van der Waals surface area contributed by atoms with Gasteiger partial charge in [-0.1, -0.05) is 30.7 Å². The van der Waals surface area contributed by atoms with Crippen LogP contribution in [0.1, 0.15) is 29.1 Å². The van der Waals surface area contributed by atoms with Crippen molar-refractivity contribution in [2.45, 2.75) is 25.3 Å². The highest BCUT2D eigenvalue weighted by Gasteiger charge is 2.24. The Labute approximate surface area is 145 Å². The molecule has 1 aromatic heterocycles. The topological polar surface area (TPSA) is 54.5 Å². The Balaban J connectivity index is 2.35. The van der Waals surface area contributed by atoms with Gasteiger partial charge < -0.3 is 4.90 Å². The fraction of sp³-hybridized carbons (Fsp3) is 0.312. The average Bonchev–Trinajstić information content (AvgIpc) is 2.97. The average molecular weight is 372 g/mol. The second-order valence-electron chi connectivity index (χ2n) is 4.92. The molecule has 0 N–H and O–H groups in total. The first-order valence-corrected chi connectivity index (χ1v) is 10.1. The molecule has 4 nitrogen and oxygen atoms in total. The Morgan fingerprint density at radius 2 is 1.87 bits per heavy atom. The lowest BCUT2D eigenvalue weighted by atomic mass is 10.2. The summed E-state index contributed by atoms with van der Waals surface area (Å²) >= 11 is 7.33. The number of hydrogen-bond donors (Lipinski definition) is 0. The van der Waals surface area contributed by atoms with Crippen molar-refractivity contribution in [2.75, 3.05) is 12.3 Å². The first kappa shape index (κ1) is 18.0. The van der Waals surface area contributed by atoms with Crippen LogP contribution in [0.3, 0.4) is 0 Å². The van der Waals surface area contributed by atoms with Crippen LogP contribution >= 0.6 is 22.9 Å². The van der Waals surface area contributed by atoms with Gasteiger partial charge in [-0.25, -0.2) is 8.42 Å². The molecule has 0 aliphatic heterocycles. The van der Waals surface area contributed by atoms with Crippen molar-refractivity contribution in [1.29, 1.82) is 0 Å². The molecule has 2 aromatic rings. The molecule has 124 valence electrons. The van der Waals surface area contributed by atoms with Crippen LogP contribution in [0.15, 0.2) is 41.3 Å². The number of amides is 1. The van der Waals surface area contributed by atoms with Crippen LogP contribution in [0.5, 0.6) is 0 Å². The molecule has 0 saturated carbocycles. The molecule has 1 amide bonds. The van der Waals surface area contributed by atoms with E-state index in [0.717, 1.165) is 4.88 Å². The quantitative estimate of drug-likeness (QED) is 0.774. The number of carbonyl (C=O) groups excluding carboxylic acids is 1. The van der Waals surface area contributed by atoms with Crippen LogP contribution in [0, 0.1) is 0 Å². The van der Waals surface area contributed by atoms with E-state index in [9.17, 15) is 13.2 Å². The summed E-state index contributed by atoms with van der Waals surface area (Å²) in [4.78, 5) is 15.5. The van der Waals surface area contributed by atoms with E-state index in [1.165, 1.54) is 17.4 Å². The fourth-order valence-corrected chi connectivity index (χ4v) is 4.38. The van der Waals surface area contributed by atoms with E-state index in [1.54, 1.807) is 36.1 Å². The lowest BCUT2D eigenvalue weighted by Gasteiger charge is -2.21. The smallest absolute Gasteiger partial charge is 0.255 e. The van der Waals surface area contributed by atoms with Crippen LogP contribution in [0.25, 0.3) is 0 Å². The minimum atomic E-state index is -3.45. The van der Waals surface area contributed by atoms with Gasteiger partial charge in [0.1, 0.15) is 0 Å². The summed E-state index contributed by atoms with van der Waals surface area (Å²) in [5.41, 5.74) is 0.221. The second kappa shape index (κ2) is 7.47. The fourth-order valence-electron chi connectivity index (χ4n) is 2.19. The molecule has 2 rings (SSSR count). The van der Waals surface area contributed by atoms with Crippen LogP contribution in [-0.4, -0.2) is 31.5 Å². The maximum atomic E-state index is 12.8. The summed E-state index contributed by atoms with van der Waals surface area (Å²) in [6.45, 7) is 4.33. The van der Waals surface area contributed by atoms with Crippen molar-refractivity contribution in [3.8, 4) is 0 Å². The number of sulfone groups is 1. The molecule has 0 unspecified atom stereocenters. The van der Waals surface area contributed by atoms with Gasteiger partial charge in [0.2, 0.25) is 0 Å². The van der Waals surface area contributed by atoms with Gasteiger partial charge in [-0.3, -0.25) is 4.79 Å². The van der Waals surface area contributed by atoms with Gasteiger partial charge in [0, 0.05) is 11.4 Å². The third-order valence-corrected chi connectivity index (χ3v) is 6.48. The first-order chi connectivity index (χ1) is 10.9.